The summed E-state index contributed by atoms with van der Waals surface area (Å²) < 4.78 is 0.426. The fraction of sp³-hybridized carbons (Fsp3) is 0.643. The van der Waals surface area contributed by atoms with E-state index < -0.39 is 0 Å². The molecule has 3 nitrogen and oxygen atoms in total. The van der Waals surface area contributed by atoms with Gasteiger partial charge in [-0.15, -0.1) is 0 Å². The maximum absolute atomic E-state index is 4.56. The van der Waals surface area contributed by atoms with Gasteiger partial charge in [-0.2, -0.15) is 11.8 Å². The molecule has 0 bridgehead atoms. The van der Waals surface area contributed by atoms with Gasteiger partial charge in [-0.3, -0.25) is 0 Å². The Morgan fingerprint density at radius 1 is 1.22 bits per heavy atom. The number of aromatic nitrogens is 1. The Balaban J connectivity index is 1.94. The van der Waals surface area contributed by atoms with E-state index >= 15 is 0 Å². The Bertz CT molecular complexity index is 375. The van der Waals surface area contributed by atoms with Crippen molar-refractivity contribution in [1.82, 2.24) is 4.98 Å². The molecule has 0 atom stereocenters. The van der Waals surface area contributed by atoms with Gasteiger partial charge in [0.2, 0.25) is 0 Å². The number of hydrogen-bond donors (Lipinski definition) is 2. The summed E-state index contributed by atoms with van der Waals surface area (Å²) in [6, 6.07) is 6.10. The second-order valence-corrected chi connectivity index (χ2v) is 6.16. The minimum atomic E-state index is 0.426. The van der Waals surface area contributed by atoms with Crippen molar-refractivity contribution in [3.05, 3.63) is 18.2 Å². The van der Waals surface area contributed by atoms with Crippen molar-refractivity contribution < 1.29 is 0 Å². The number of nitrogens with zero attached hydrogens (tertiary/aromatic N) is 1. The third-order valence-corrected chi connectivity index (χ3v) is 5.07. The number of hydrogen-bond acceptors (Lipinski definition) is 4. The molecule has 18 heavy (non-hydrogen) atoms. The average Bonchev–Trinajstić information content (AvgIpc) is 2.87. The number of anilines is 2. The van der Waals surface area contributed by atoms with E-state index in [-0.39, 0.29) is 0 Å². The zero-order chi connectivity index (χ0) is 12.8. The molecule has 1 aromatic rings. The van der Waals surface area contributed by atoms with Gasteiger partial charge in [0.15, 0.2) is 0 Å². The van der Waals surface area contributed by atoms with E-state index in [1.807, 2.05) is 30.0 Å². The minimum Gasteiger partial charge on any atom is -0.370 e. The summed E-state index contributed by atoms with van der Waals surface area (Å²) >= 11 is 2.01. The summed E-state index contributed by atoms with van der Waals surface area (Å²) in [6.07, 6.45) is 7.62. The molecule has 0 saturated heterocycles. The smallest absolute Gasteiger partial charge is 0.128 e. The molecule has 0 radical (unpaired) electrons. The lowest BCUT2D eigenvalue weighted by atomic mass is 10.1. The van der Waals surface area contributed by atoms with Gasteiger partial charge in [0.05, 0.1) is 0 Å². The van der Waals surface area contributed by atoms with Crippen molar-refractivity contribution in [1.29, 1.82) is 0 Å². The van der Waals surface area contributed by atoms with Gasteiger partial charge < -0.3 is 10.6 Å². The van der Waals surface area contributed by atoms with E-state index in [9.17, 15) is 0 Å². The first kappa shape index (κ1) is 13.5. The predicted molar refractivity (Wildman–Crippen MR) is 81.6 cm³/mol. The topological polar surface area (TPSA) is 37.0 Å². The van der Waals surface area contributed by atoms with Crippen LogP contribution in [-0.2, 0) is 0 Å². The third-order valence-electron chi connectivity index (χ3n) is 3.65. The Morgan fingerprint density at radius 3 is 2.50 bits per heavy atom. The van der Waals surface area contributed by atoms with E-state index in [1.54, 1.807) is 0 Å². The van der Waals surface area contributed by atoms with Gasteiger partial charge in [0.25, 0.3) is 0 Å². The first-order chi connectivity index (χ1) is 8.78. The molecule has 100 valence electrons. The van der Waals surface area contributed by atoms with Crippen molar-refractivity contribution in [2.45, 2.75) is 37.4 Å². The minimum absolute atomic E-state index is 0.426. The van der Waals surface area contributed by atoms with Crippen molar-refractivity contribution in [2.75, 3.05) is 30.0 Å². The summed E-state index contributed by atoms with van der Waals surface area (Å²) in [4.78, 5) is 4.56. The molecular formula is C14H23N3S. The van der Waals surface area contributed by atoms with Crippen molar-refractivity contribution >= 4 is 23.4 Å². The lowest BCUT2D eigenvalue weighted by Gasteiger charge is -2.27. The summed E-state index contributed by atoms with van der Waals surface area (Å²) in [5, 5.41) is 6.75. The number of nitrogens with one attached hydrogen (secondary N) is 2. The van der Waals surface area contributed by atoms with E-state index in [4.69, 9.17) is 0 Å². The van der Waals surface area contributed by atoms with E-state index in [2.05, 4.69) is 28.8 Å². The molecule has 1 aliphatic rings. The highest BCUT2D eigenvalue weighted by Gasteiger charge is 2.32. The normalized spacial score (nSPS) is 17.7. The predicted octanol–water partition coefficient (Wildman–Crippen LogP) is 3.60. The molecule has 4 heteroatoms. The molecule has 1 heterocycles. The van der Waals surface area contributed by atoms with Crippen molar-refractivity contribution in [2.24, 2.45) is 0 Å². The Morgan fingerprint density at radius 2 is 1.89 bits per heavy atom. The first-order valence-electron chi connectivity index (χ1n) is 6.78. The fourth-order valence-electron chi connectivity index (χ4n) is 2.54. The van der Waals surface area contributed by atoms with Gasteiger partial charge in [0.1, 0.15) is 11.6 Å². The fourth-order valence-corrected chi connectivity index (χ4v) is 3.45. The van der Waals surface area contributed by atoms with Gasteiger partial charge >= 0.3 is 0 Å². The largest absolute Gasteiger partial charge is 0.370 e. The molecule has 0 aliphatic heterocycles. The quantitative estimate of drug-likeness (QED) is 0.824. The van der Waals surface area contributed by atoms with Crippen LogP contribution >= 0.6 is 11.8 Å². The summed E-state index contributed by atoms with van der Waals surface area (Å²) in [7, 11) is 0. The second kappa shape index (κ2) is 6.32. The molecular weight excluding hydrogens is 242 g/mol. The zero-order valence-electron chi connectivity index (χ0n) is 11.3. The molecule has 0 amide bonds. The summed E-state index contributed by atoms with van der Waals surface area (Å²) in [6.45, 7) is 4.02. The van der Waals surface area contributed by atoms with Crippen molar-refractivity contribution in [3.8, 4) is 0 Å². The van der Waals surface area contributed by atoms with Crippen LogP contribution in [0.1, 0.15) is 32.6 Å². The van der Waals surface area contributed by atoms with Crippen LogP contribution in [-0.4, -0.2) is 29.1 Å². The Hall–Kier alpha value is -0.900. The highest BCUT2D eigenvalue weighted by Crippen LogP contribution is 2.40. The van der Waals surface area contributed by atoms with E-state index in [0.717, 1.165) is 24.7 Å². The van der Waals surface area contributed by atoms with Gasteiger partial charge in [-0.1, -0.05) is 18.9 Å². The molecule has 1 fully saturated rings. The molecule has 1 saturated carbocycles. The molecule has 2 N–H and O–H groups in total. The Kier molecular flexibility index (Phi) is 4.75. The SMILES string of the molecule is CCNc1cccc(NCC2(SC)CCCC2)n1. The molecule has 1 aliphatic carbocycles. The highest BCUT2D eigenvalue weighted by atomic mass is 32.2. The van der Waals surface area contributed by atoms with Crippen LogP contribution in [0.2, 0.25) is 0 Å². The van der Waals surface area contributed by atoms with Gasteiger partial charge in [-0.05, 0) is 38.2 Å². The number of pyridine rings is 1. The maximum atomic E-state index is 4.56. The first-order valence-corrected chi connectivity index (χ1v) is 8.00. The second-order valence-electron chi connectivity index (χ2n) is 4.89. The van der Waals surface area contributed by atoms with Crippen LogP contribution in [0.4, 0.5) is 11.6 Å². The molecule has 0 unspecified atom stereocenters. The molecule has 1 aromatic heterocycles. The van der Waals surface area contributed by atoms with Crippen LogP contribution in [0.3, 0.4) is 0 Å². The van der Waals surface area contributed by atoms with E-state index in [1.165, 1.54) is 25.7 Å². The molecule has 0 aromatic carbocycles. The number of thioether (sulfide) groups is 1. The highest BCUT2D eigenvalue weighted by molar-refractivity contribution is 8.00. The van der Waals surface area contributed by atoms with Crippen LogP contribution < -0.4 is 10.6 Å². The van der Waals surface area contributed by atoms with E-state index in [0.29, 0.717) is 4.75 Å². The molecule has 2 rings (SSSR count). The zero-order valence-corrected chi connectivity index (χ0v) is 12.1. The number of rotatable bonds is 6. The van der Waals surface area contributed by atoms with Gasteiger partial charge in [0, 0.05) is 17.8 Å². The lowest BCUT2D eigenvalue weighted by molar-refractivity contribution is 0.638. The standard InChI is InChI=1S/C14H23N3S/c1-3-15-12-7-6-8-13(17-12)16-11-14(18-2)9-4-5-10-14/h6-8H,3-5,9-11H2,1-2H3,(H2,15,16,17). The molecule has 0 spiro atoms. The van der Waals surface area contributed by atoms with Crippen LogP contribution in [0.15, 0.2) is 18.2 Å². The maximum Gasteiger partial charge on any atom is 0.128 e. The summed E-state index contributed by atoms with van der Waals surface area (Å²) in [5.41, 5.74) is 0. The van der Waals surface area contributed by atoms with Crippen LogP contribution in [0.25, 0.3) is 0 Å². The van der Waals surface area contributed by atoms with Crippen LogP contribution in [0, 0.1) is 0 Å². The van der Waals surface area contributed by atoms with Crippen molar-refractivity contribution in [3.63, 3.8) is 0 Å². The average molecular weight is 265 g/mol. The van der Waals surface area contributed by atoms with Crippen LogP contribution in [0.5, 0.6) is 0 Å². The lowest BCUT2D eigenvalue weighted by Crippen LogP contribution is -2.30. The monoisotopic (exact) mass is 265 g/mol. The summed E-state index contributed by atoms with van der Waals surface area (Å²) in [5.74, 6) is 1.93. The van der Waals surface area contributed by atoms with Gasteiger partial charge in [-0.25, -0.2) is 4.98 Å². The Labute approximate surface area is 114 Å². The third kappa shape index (κ3) is 3.31.